The van der Waals surface area contributed by atoms with Gasteiger partial charge >= 0.3 is 0 Å². The summed E-state index contributed by atoms with van der Waals surface area (Å²) in [6, 6.07) is 15.2. The van der Waals surface area contributed by atoms with E-state index in [2.05, 4.69) is 11.0 Å². The van der Waals surface area contributed by atoms with Crippen molar-refractivity contribution in [2.75, 3.05) is 13.6 Å². The minimum absolute atomic E-state index is 0.495. The second-order valence-electron chi connectivity index (χ2n) is 5.23. The van der Waals surface area contributed by atoms with E-state index in [9.17, 15) is 5.11 Å². The van der Waals surface area contributed by atoms with Crippen molar-refractivity contribution >= 4 is 23.2 Å². The van der Waals surface area contributed by atoms with Crippen LogP contribution in [0.4, 0.5) is 0 Å². The van der Waals surface area contributed by atoms with E-state index in [1.807, 2.05) is 49.5 Å². The topological polar surface area (TPSA) is 23.5 Å². The van der Waals surface area contributed by atoms with Crippen LogP contribution in [-0.2, 0) is 6.54 Å². The fraction of sp³-hybridized carbons (Fsp3) is 0.294. The maximum atomic E-state index is 10.2. The molecule has 1 N–H and O–H groups in total. The Morgan fingerprint density at radius 3 is 2.38 bits per heavy atom. The number of hydrogen-bond acceptors (Lipinski definition) is 2. The summed E-state index contributed by atoms with van der Waals surface area (Å²) in [4.78, 5) is 2.17. The molecule has 0 aliphatic heterocycles. The van der Waals surface area contributed by atoms with Crippen molar-refractivity contribution < 1.29 is 5.11 Å². The van der Waals surface area contributed by atoms with Gasteiger partial charge in [-0.25, -0.2) is 0 Å². The third kappa shape index (κ3) is 5.33. The zero-order valence-electron chi connectivity index (χ0n) is 12.0. The molecule has 4 heteroatoms. The molecule has 0 heterocycles. The molecule has 0 fully saturated rings. The first kappa shape index (κ1) is 16.3. The molecule has 0 amide bonds. The van der Waals surface area contributed by atoms with Gasteiger partial charge in [0.1, 0.15) is 0 Å². The van der Waals surface area contributed by atoms with Crippen LogP contribution in [0.15, 0.2) is 48.5 Å². The summed E-state index contributed by atoms with van der Waals surface area (Å²) < 4.78 is 0. The SMILES string of the molecule is CN(CCC(O)c1cccc(Cl)c1)Cc1cccc(Cl)c1. The lowest BCUT2D eigenvalue weighted by Crippen LogP contribution is -2.20. The molecule has 0 saturated heterocycles. The molecule has 0 saturated carbocycles. The highest BCUT2D eigenvalue weighted by Gasteiger charge is 2.09. The molecule has 2 nitrogen and oxygen atoms in total. The summed E-state index contributed by atoms with van der Waals surface area (Å²) in [5, 5.41) is 11.6. The second-order valence-corrected chi connectivity index (χ2v) is 6.10. The van der Waals surface area contributed by atoms with E-state index in [4.69, 9.17) is 23.2 Å². The molecule has 0 spiro atoms. The van der Waals surface area contributed by atoms with E-state index >= 15 is 0 Å². The molecule has 1 atom stereocenters. The molecule has 2 aromatic rings. The molecule has 0 aromatic heterocycles. The van der Waals surface area contributed by atoms with E-state index < -0.39 is 6.10 Å². The van der Waals surface area contributed by atoms with Gasteiger partial charge in [0.05, 0.1) is 6.10 Å². The van der Waals surface area contributed by atoms with Crippen molar-refractivity contribution in [3.8, 4) is 0 Å². The zero-order valence-corrected chi connectivity index (χ0v) is 13.5. The lowest BCUT2D eigenvalue weighted by Gasteiger charge is -2.19. The molecule has 2 rings (SSSR count). The molecule has 0 radical (unpaired) electrons. The van der Waals surface area contributed by atoms with Gasteiger partial charge in [-0.1, -0.05) is 47.5 Å². The number of rotatable bonds is 6. The van der Waals surface area contributed by atoms with E-state index in [1.54, 1.807) is 0 Å². The van der Waals surface area contributed by atoms with Crippen molar-refractivity contribution in [3.63, 3.8) is 0 Å². The Kier molecular flexibility index (Phi) is 6.07. The first-order valence-corrected chi connectivity index (χ1v) is 7.66. The minimum atomic E-state index is -0.495. The van der Waals surface area contributed by atoms with Crippen LogP contribution < -0.4 is 0 Å². The van der Waals surface area contributed by atoms with Gasteiger partial charge < -0.3 is 10.0 Å². The molecule has 21 heavy (non-hydrogen) atoms. The van der Waals surface area contributed by atoms with Crippen LogP contribution in [0.3, 0.4) is 0 Å². The van der Waals surface area contributed by atoms with E-state index in [1.165, 1.54) is 5.56 Å². The minimum Gasteiger partial charge on any atom is -0.388 e. The predicted octanol–water partition coefficient (Wildman–Crippen LogP) is 4.55. The van der Waals surface area contributed by atoms with E-state index in [0.29, 0.717) is 11.4 Å². The number of hydrogen-bond donors (Lipinski definition) is 1. The molecule has 1 unspecified atom stereocenters. The molecule has 0 bridgehead atoms. The summed E-state index contributed by atoms with van der Waals surface area (Å²) in [5.41, 5.74) is 2.03. The summed E-state index contributed by atoms with van der Waals surface area (Å²) >= 11 is 11.9. The first-order valence-electron chi connectivity index (χ1n) is 6.91. The van der Waals surface area contributed by atoms with Crippen molar-refractivity contribution in [2.24, 2.45) is 0 Å². The van der Waals surface area contributed by atoms with Crippen molar-refractivity contribution in [3.05, 3.63) is 69.7 Å². The van der Waals surface area contributed by atoms with E-state index in [0.717, 1.165) is 23.7 Å². The number of aliphatic hydroxyl groups is 1. The Hall–Kier alpha value is -1.06. The lowest BCUT2D eigenvalue weighted by molar-refractivity contribution is 0.147. The average molecular weight is 324 g/mol. The van der Waals surface area contributed by atoms with Gasteiger partial charge in [-0.15, -0.1) is 0 Å². The highest BCUT2D eigenvalue weighted by Crippen LogP contribution is 2.21. The zero-order chi connectivity index (χ0) is 15.2. The third-order valence-electron chi connectivity index (χ3n) is 3.36. The smallest absolute Gasteiger partial charge is 0.0802 e. The summed E-state index contributed by atoms with van der Waals surface area (Å²) in [6.45, 7) is 1.60. The van der Waals surface area contributed by atoms with Crippen LogP contribution in [0.2, 0.25) is 10.0 Å². The van der Waals surface area contributed by atoms with Gasteiger partial charge in [-0.3, -0.25) is 0 Å². The fourth-order valence-corrected chi connectivity index (χ4v) is 2.66. The number of halogens is 2. The molecule has 2 aromatic carbocycles. The Bertz CT molecular complexity index is 589. The largest absolute Gasteiger partial charge is 0.388 e. The van der Waals surface area contributed by atoms with Crippen LogP contribution in [0.1, 0.15) is 23.7 Å². The van der Waals surface area contributed by atoms with E-state index in [-0.39, 0.29) is 0 Å². The normalized spacial score (nSPS) is 12.6. The Balaban J connectivity index is 1.85. The molecule has 0 aliphatic carbocycles. The van der Waals surface area contributed by atoms with Crippen LogP contribution in [0.5, 0.6) is 0 Å². The Morgan fingerprint density at radius 1 is 1.05 bits per heavy atom. The summed E-state index contributed by atoms with van der Waals surface area (Å²) in [7, 11) is 2.03. The molecule has 0 aliphatic rings. The highest BCUT2D eigenvalue weighted by atomic mass is 35.5. The van der Waals surface area contributed by atoms with Gasteiger partial charge in [0.25, 0.3) is 0 Å². The van der Waals surface area contributed by atoms with Gasteiger partial charge in [0.2, 0.25) is 0 Å². The van der Waals surface area contributed by atoms with Crippen LogP contribution in [-0.4, -0.2) is 23.6 Å². The second kappa shape index (κ2) is 7.81. The number of aliphatic hydroxyl groups excluding tert-OH is 1. The standard InChI is InChI=1S/C17H19Cl2NO/c1-20(12-13-4-2-6-15(18)10-13)9-8-17(21)14-5-3-7-16(19)11-14/h2-7,10-11,17,21H,8-9,12H2,1H3. The van der Waals surface area contributed by atoms with Gasteiger partial charge in [-0.2, -0.15) is 0 Å². The quantitative estimate of drug-likeness (QED) is 0.843. The van der Waals surface area contributed by atoms with Crippen LogP contribution in [0, 0.1) is 0 Å². The van der Waals surface area contributed by atoms with Gasteiger partial charge in [0.15, 0.2) is 0 Å². The predicted molar refractivity (Wildman–Crippen MR) is 88.8 cm³/mol. The summed E-state index contributed by atoms with van der Waals surface area (Å²) in [6.07, 6.45) is 0.169. The maximum Gasteiger partial charge on any atom is 0.0802 e. The molecule has 112 valence electrons. The van der Waals surface area contributed by atoms with Crippen LogP contribution >= 0.6 is 23.2 Å². The summed E-state index contributed by atoms with van der Waals surface area (Å²) in [5.74, 6) is 0. The average Bonchev–Trinajstić information content (AvgIpc) is 2.45. The highest BCUT2D eigenvalue weighted by molar-refractivity contribution is 6.30. The van der Waals surface area contributed by atoms with Gasteiger partial charge in [0, 0.05) is 23.1 Å². The lowest BCUT2D eigenvalue weighted by atomic mass is 10.1. The molecular formula is C17H19Cl2NO. The third-order valence-corrected chi connectivity index (χ3v) is 3.83. The monoisotopic (exact) mass is 323 g/mol. The first-order chi connectivity index (χ1) is 10.0. The number of benzene rings is 2. The van der Waals surface area contributed by atoms with Crippen molar-refractivity contribution in [1.29, 1.82) is 0 Å². The van der Waals surface area contributed by atoms with Crippen LogP contribution in [0.25, 0.3) is 0 Å². The number of nitrogens with zero attached hydrogens (tertiary/aromatic N) is 1. The van der Waals surface area contributed by atoms with Gasteiger partial charge in [-0.05, 0) is 48.9 Å². The Morgan fingerprint density at radius 2 is 1.71 bits per heavy atom. The Labute approximate surface area is 135 Å². The van der Waals surface area contributed by atoms with Crippen molar-refractivity contribution in [2.45, 2.75) is 19.1 Å². The maximum absolute atomic E-state index is 10.2. The fourth-order valence-electron chi connectivity index (χ4n) is 2.25. The van der Waals surface area contributed by atoms with Crippen molar-refractivity contribution in [1.82, 2.24) is 4.90 Å². The molecular weight excluding hydrogens is 305 g/mol.